The van der Waals surface area contributed by atoms with Gasteiger partial charge in [-0.15, -0.1) is 0 Å². The summed E-state index contributed by atoms with van der Waals surface area (Å²) < 4.78 is 0. The Hall–Kier alpha value is -0.0800. The van der Waals surface area contributed by atoms with Crippen molar-refractivity contribution in [3.05, 3.63) is 0 Å². The van der Waals surface area contributed by atoms with Gasteiger partial charge in [0.25, 0.3) is 0 Å². The molecule has 3 rings (SSSR count). The molecular weight excluding hydrogens is 198 g/mol. The molecule has 0 bridgehead atoms. The minimum Gasteiger partial charge on any atom is -0.393 e. The molecule has 2 aliphatic carbocycles. The van der Waals surface area contributed by atoms with E-state index < -0.39 is 0 Å². The van der Waals surface area contributed by atoms with E-state index in [9.17, 15) is 5.11 Å². The molecule has 16 heavy (non-hydrogen) atoms. The van der Waals surface area contributed by atoms with E-state index in [4.69, 9.17) is 0 Å². The third-order valence-electron chi connectivity index (χ3n) is 5.27. The van der Waals surface area contributed by atoms with Gasteiger partial charge in [-0.2, -0.15) is 0 Å². The van der Waals surface area contributed by atoms with Crippen LogP contribution in [0.4, 0.5) is 0 Å². The lowest BCUT2D eigenvalue weighted by atomic mass is 9.86. The molecule has 0 aromatic carbocycles. The summed E-state index contributed by atoms with van der Waals surface area (Å²) in [5.41, 5.74) is 0. The minimum atomic E-state index is 0.0102. The van der Waals surface area contributed by atoms with Gasteiger partial charge >= 0.3 is 0 Å². The summed E-state index contributed by atoms with van der Waals surface area (Å²) in [4.78, 5) is 2.70. The van der Waals surface area contributed by atoms with Crippen LogP contribution in [-0.2, 0) is 0 Å². The number of aliphatic hydroxyl groups is 1. The largest absolute Gasteiger partial charge is 0.393 e. The molecule has 2 heteroatoms. The molecule has 2 nitrogen and oxygen atoms in total. The molecular formula is C14H25NO. The maximum Gasteiger partial charge on any atom is 0.0583 e. The lowest BCUT2D eigenvalue weighted by molar-refractivity contribution is 0.106. The molecule has 1 heterocycles. The van der Waals surface area contributed by atoms with Crippen LogP contribution in [0.5, 0.6) is 0 Å². The number of rotatable bonds is 1. The van der Waals surface area contributed by atoms with E-state index in [0.29, 0.717) is 5.92 Å². The Bertz CT molecular complexity index is 255. The fourth-order valence-corrected chi connectivity index (χ4v) is 4.30. The highest BCUT2D eigenvalue weighted by molar-refractivity contribution is 4.96. The molecule has 1 saturated heterocycles. The first-order valence-electron chi connectivity index (χ1n) is 7.16. The lowest BCUT2D eigenvalue weighted by Crippen LogP contribution is -2.38. The van der Waals surface area contributed by atoms with Gasteiger partial charge in [0.1, 0.15) is 0 Å². The van der Waals surface area contributed by atoms with Gasteiger partial charge in [0.15, 0.2) is 0 Å². The van der Waals surface area contributed by atoms with Gasteiger partial charge in [0, 0.05) is 25.0 Å². The van der Waals surface area contributed by atoms with E-state index in [1.807, 2.05) is 0 Å². The van der Waals surface area contributed by atoms with Gasteiger partial charge in [0.2, 0.25) is 0 Å². The minimum absolute atomic E-state index is 0.0102. The van der Waals surface area contributed by atoms with E-state index in [2.05, 4.69) is 11.8 Å². The van der Waals surface area contributed by atoms with Crippen LogP contribution in [-0.4, -0.2) is 35.2 Å². The van der Waals surface area contributed by atoms with Crippen LogP contribution in [0.3, 0.4) is 0 Å². The Balaban J connectivity index is 1.61. The molecule has 2 saturated carbocycles. The Morgan fingerprint density at radius 3 is 2.69 bits per heavy atom. The molecule has 92 valence electrons. The van der Waals surface area contributed by atoms with Gasteiger partial charge in [-0.25, -0.2) is 0 Å². The SMILES string of the molecule is CC1CCCC(N2CC3CCC(O)C3C2)C1. The number of hydrogen-bond acceptors (Lipinski definition) is 2. The van der Waals surface area contributed by atoms with E-state index in [1.54, 1.807) is 0 Å². The molecule has 0 radical (unpaired) electrons. The molecule has 5 unspecified atom stereocenters. The van der Waals surface area contributed by atoms with E-state index in [-0.39, 0.29) is 6.10 Å². The first kappa shape index (κ1) is 11.0. The standard InChI is InChI=1S/C14H25NO/c1-10-3-2-4-12(7-10)15-8-11-5-6-14(16)13(11)9-15/h10-14,16H,2-9H2,1H3. The normalized spacial score (nSPS) is 49.5. The van der Waals surface area contributed by atoms with Crippen molar-refractivity contribution in [2.24, 2.45) is 17.8 Å². The van der Waals surface area contributed by atoms with E-state index in [0.717, 1.165) is 24.3 Å². The third-order valence-corrected chi connectivity index (χ3v) is 5.27. The van der Waals surface area contributed by atoms with Crippen molar-refractivity contribution in [2.45, 2.75) is 57.6 Å². The maximum atomic E-state index is 9.94. The number of aliphatic hydroxyl groups excluding tert-OH is 1. The number of likely N-dealkylation sites (tertiary alicyclic amines) is 1. The maximum absolute atomic E-state index is 9.94. The topological polar surface area (TPSA) is 23.5 Å². The van der Waals surface area contributed by atoms with Crippen LogP contribution in [0.25, 0.3) is 0 Å². The van der Waals surface area contributed by atoms with Crippen molar-refractivity contribution in [3.8, 4) is 0 Å². The Morgan fingerprint density at radius 2 is 1.94 bits per heavy atom. The number of nitrogens with zero attached hydrogens (tertiary/aromatic N) is 1. The van der Waals surface area contributed by atoms with Gasteiger partial charge in [-0.1, -0.05) is 19.8 Å². The third kappa shape index (κ3) is 1.91. The fourth-order valence-electron chi connectivity index (χ4n) is 4.30. The number of hydrogen-bond donors (Lipinski definition) is 1. The summed E-state index contributed by atoms with van der Waals surface area (Å²) in [6.07, 6.45) is 7.99. The molecule has 3 fully saturated rings. The Morgan fingerprint density at radius 1 is 1.06 bits per heavy atom. The van der Waals surface area contributed by atoms with Gasteiger partial charge in [-0.3, -0.25) is 4.90 Å². The van der Waals surface area contributed by atoms with Crippen molar-refractivity contribution in [1.29, 1.82) is 0 Å². The molecule has 3 aliphatic rings. The summed E-state index contributed by atoms with van der Waals surface area (Å²) >= 11 is 0. The highest BCUT2D eigenvalue weighted by Crippen LogP contribution is 2.40. The smallest absolute Gasteiger partial charge is 0.0583 e. The first-order chi connectivity index (χ1) is 7.74. The zero-order valence-corrected chi connectivity index (χ0v) is 10.4. The van der Waals surface area contributed by atoms with Crippen LogP contribution < -0.4 is 0 Å². The monoisotopic (exact) mass is 223 g/mol. The van der Waals surface area contributed by atoms with Gasteiger partial charge in [-0.05, 0) is 37.5 Å². The molecule has 0 amide bonds. The van der Waals surface area contributed by atoms with Crippen LogP contribution in [0, 0.1) is 17.8 Å². The molecule has 5 atom stereocenters. The quantitative estimate of drug-likeness (QED) is 0.737. The Labute approximate surface area is 99.0 Å². The molecule has 0 spiro atoms. The van der Waals surface area contributed by atoms with Crippen LogP contribution in [0.15, 0.2) is 0 Å². The van der Waals surface area contributed by atoms with E-state index >= 15 is 0 Å². The fraction of sp³-hybridized carbons (Fsp3) is 1.00. The predicted molar refractivity (Wildman–Crippen MR) is 65.2 cm³/mol. The van der Waals surface area contributed by atoms with Gasteiger partial charge < -0.3 is 5.11 Å². The summed E-state index contributed by atoms with van der Waals surface area (Å²) in [6.45, 7) is 4.86. The molecule has 0 aromatic rings. The highest BCUT2D eigenvalue weighted by atomic mass is 16.3. The Kier molecular flexibility index (Phi) is 2.97. The zero-order valence-electron chi connectivity index (χ0n) is 10.4. The summed E-state index contributed by atoms with van der Waals surface area (Å²) in [5, 5.41) is 9.94. The second-order valence-electron chi connectivity index (χ2n) is 6.45. The summed E-state index contributed by atoms with van der Waals surface area (Å²) in [7, 11) is 0. The van der Waals surface area contributed by atoms with E-state index in [1.165, 1.54) is 45.2 Å². The molecule has 1 aliphatic heterocycles. The summed E-state index contributed by atoms with van der Waals surface area (Å²) in [5.74, 6) is 2.34. The van der Waals surface area contributed by atoms with Crippen LogP contribution in [0.1, 0.15) is 45.4 Å². The second-order valence-corrected chi connectivity index (χ2v) is 6.45. The average molecular weight is 223 g/mol. The molecule has 1 N–H and O–H groups in total. The molecule has 0 aromatic heterocycles. The van der Waals surface area contributed by atoms with Gasteiger partial charge in [0.05, 0.1) is 6.10 Å². The number of fused-ring (bicyclic) bond motifs is 1. The van der Waals surface area contributed by atoms with Crippen LogP contribution in [0.2, 0.25) is 0 Å². The van der Waals surface area contributed by atoms with Crippen molar-refractivity contribution in [2.75, 3.05) is 13.1 Å². The summed E-state index contributed by atoms with van der Waals surface area (Å²) in [6, 6.07) is 0.835. The van der Waals surface area contributed by atoms with Crippen molar-refractivity contribution < 1.29 is 5.11 Å². The zero-order chi connectivity index (χ0) is 11.1. The first-order valence-corrected chi connectivity index (χ1v) is 7.16. The highest BCUT2D eigenvalue weighted by Gasteiger charge is 2.43. The predicted octanol–water partition coefficient (Wildman–Crippen LogP) is 2.27. The van der Waals surface area contributed by atoms with Crippen molar-refractivity contribution in [1.82, 2.24) is 4.90 Å². The lowest BCUT2D eigenvalue weighted by Gasteiger charge is -2.34. The van der Waals surface area contributed by atoms with Crippen molar-refractivity contribution in [3.63, 3.8) is 0 Å². The van der Waals surface area contributed by atoms with Crippen molar-refractivity contribution >= 4 is 0 Å². The second kappa shape index (κ2) is 4.30. The van der Waals surface area contributed by atoms with Crippen LogP contribution >= 0.6 is 0 Å². The average Bonchev–Trinajstić information content (AvgIpc) is 2.81.